The van der Waals surface area contributed by atoms with E-state index in [4.69, 9.17) is 11.5 Å². The topological polar surface area (TPSA) is 207 Å². The van der Waals surface area contributed by atoms with Crippen molar-refractivity contribution in [3.05, 3.63) is 84.0 Å². The number of hydrogen-bond acceptors (Lipinski definition) is 12. The number of hydrogen-bond donors (Lipinski definition) is 4. The molecule has 6 heterocycles. The maximum absolute atomic E-state index is 11.5. The zero-order valence-electron chi connectivity index (χ0n) is 30.6. The maximum Gasteiger partial charge on any atom is 0.279 e. The predicted molar refractivity (Wildman–Crippen MR) is 198 cm³/mol. The highest BCUT2D eigenvalue weighted by molar-refractivity contribution is 5.94. The van der Waals surface area contributed by atoms with Crippen LogP contribution in [-0.2, 0) is 4.79 Å². The second-order valence-corrected chi connectivity index (χ2v) is 12.7. The Morgan fingerprint density at radius 2 is 1.34 bits per heavy atom. The average Bonchev–Trinajstić information content (AvgIpc) is 3.66. The molecule has 0 fully saturated rings. The monoisotopic (exact) mass is 686 g/mol. The van der Waals surface area contributed by atoms with Crippen molar-refractivity contribution in [3.63, 3.8) is 0 Å². The summed E-state index contributed by atoms with van der Waals surface area (Å²) >= 11 is 0. The van der Waals surface area contributed by atoms with E-state index in [2.05, 4.69) is 81.1 Å². The van der Waals surface area contributed by atoms with Gasteiger partial charge in [0.1, 0.15) is 35.1 Å². The normalized spacial score (nSPS) is 14.3. The number of anilines is 1. The summed E-state index contributed by atoms with van der Waals surface area (Å²) in [6, 6.07) is 1.30. The van der Waals surface area contributed by atoms with E-state index in [9.17, 15) is 9.59 Å². The number of nitrogens with one attached hydrogen (secondary N) is 2. The van der Waals surface area contributed by atoms with Crippen LogP contribution in [0.3, 0.4) is 0 Å². The molecule has 0 atom stereocenters. The minimum Gasteiger partial charge on any atom is -0.384 e. The molecule has 16 nitrogen and oxygen atoms in total. The number of H-pyrrole nitrogens is 1. The van der Waals surface area contributed by atoms with E-state index in [1.165, 1.54) is 6.33 Å². The fraction of sp³-hybridized carbons (Fsp3) is 0.412. The molecule has 0 spiro atoms. The minimum absolute atomic E-state index is 0.0584. The lowest BCUT2D eigenvalue weighted by Gasteiger charge is -2.31. The van der Waals surface area contributed by atoms with Gasteiger partial charge in [-0.05, 0) is 75.3 Å². The van der Waals surface area contributed by atoms with Gasteiger partial charge in [0.05, 0.1) is 12.7 Å². The second kappa shape index (κ2) is 16.5. The molecule has 2 aliphatic rings. The van der Waals surface area contributed by atoms with Gasteiger partial charge in [-0.3, -0.25) is 9.59 Å². The molecule has 0 unspecified atom stereocenters. The summed E-state index contributed by atoms with van der Waals surface area (Å²) in [7, 11) is 0. The van der Waals surface area contributed by atoms with Crippen LogP contribution in [0.1, 0.15) is 80.2 Å². The molecule has 4 aromatic rings. The van der Waals surface area contributed by atoms with Gasteiger partial charge in [0.25, 0.3) is 11.5 Å². The third kappa shape index (κ3) is 9.42. The first-order valence-electron chi connectivity index (χ1n) is 16.3. The van der Waals surface area contributed by atoms with Crippen LogP contribution in [0, 0.1) is 6.92 Å². The Morgan fingerprint density at radius 1 is 0.760 bits per heavy atom. The quantitative estimate of drug-likeness (QED) is 0.239. The van der Waals surface area contributed by atoms with Crippen molar-refractivity contribution in [1.82, 2.24) is 54.2 Å². The number of fused-ring (bicyclic) bond motifs is 2. The van der Waals surface area contributed by atoms with Crippen LogP contribution in [0.4, 0.5) is 5.82 Å². The van der Waals surface area contributed by atoms with Gasteiger partial charge in [0.2, 0.25) is 0 Å². The third-order valence-electron chi connectivity index (χ3n) is 7.39. The first-order chi connectivity index (χ1) is 23.4. The molecule has 2 aliphatic heterocycles. The molecule has 0 aromatic carbocycles. The Kier molecular flexibility index (Phi) is 12.8. The van der Waals surface area contributed by atoms with E-state index in [0.29, 0.717) is 63.9 Å². The van der Waals surface area contributed by atoms with Crippen molar-refractivity contribution in [1.29, 1.82) is 0 Å². The summed E-state index contributed by atoms with van der Waals surface area (Å²) in [5.74, 6) is 2.87. The summed E-state index contributed by atoms with van der Waals surface area (Å²) in [5, 5.41) is 2.68. The summed E-state index contributed by atoms with van der Waals surface area (Å²) in [5.41, 5.74) is 14.2. The Labute approximate surface area is 292 Å². The van der Waals surface area contributed by atoms with Gasteiger partial charge in [0.15, 0.2) is 22.6 Å². The molecule has 1 amide bonds. The average molecular weight is 687 g/mol. The van der Waals surface area contributed by atoms with E-state index in [0.717, 1.165) is 11.2 Å². The van der Waals surface area contributed by atoms with Crippen molar-refractivity contribution in [3.8, 4) is 0 Å². The Balaban J connectivity index is 0.000000181. The number of nitrogen functional groups attached to an aromatic ring is 1. The summed E-state index contributed by atoms with van der Waals surface area (Å²) < 4.78 is 3.85. The summed E-state index contributed by atoms with van der Waals surface area (Å²) in [6.45, 7) is 27.5. The Bertz CT molecular complexity index is 1990. The highest BCUT2D eigenvalue weighted by atomic mass is 16.2. The highest BCUT2D eigenvalue weighted by Crippen LogP contribution is 2.18. The van der Waals surface area contributed by atoms with E-state index >= 15 is 0 Å². The molecule has 268 valence electrons. The number of nitrogens with zero attached hydrogens (tertiary/aromatic N) is 10. The smallest absolute Gasteiger partial charge is 0.279 e. The third-order valence-corrected chi connectivity index (χ3v) is 7.39. The van der Waals surface area contributed by atoms with E-state index in [1.54, 1.807) is 32.6 Å². The highest BCUT2D eigenvalue weighted by Gasteiger charge is 2.19. The van der Waals surface area contributed by atoms with Gasteiger partial charge >= 0.3 is 0 Å². The van der Waals surface area contributed by atoms with Crippen molar-refractivity contribution < 1.29 is 4.79 Å². The van der Waals surface area contributed by atoms with Crippen LogP contribution in [0.15, 0.2) is 77.6 Å². The van der Waals surface area contributed by atoms with Gasteiger partial charge in [-0.15, -0.1) is 0 Å². The molecular formula is C34H50N14O2. The van der Waals surface area contributed by atoms with Crippen LogP contribution < -0.4 is 22.3 Å². The minimum atomic E-state index is -0.174. The van der Waals surface area contributed by atoms with Gasteiger partial charge in [-0.1, -0.05) is 13.2 Å². The van der Waals surface area contributed by atoms with Crippen molar-refractivity contribution in [2.45, 2.75) is 93.4 Å². The number of amides is 1. The fourth-order valence-corrected chi connectivity index (χ4v) is 4.72. The Morgan fingerprint density at radius 3 is 1.90 bits per heavy atom. The van der Waals surface area contributed by atoms with Crippen molar-refractivity contribution in [2.75, 3.05) is 5.73 Å². The SMILES string of the molecule is C=C1N=C(N)C=CN1C(C)C.C=C1NC(=O)C(C)=CN1C(C)C.CC(C)n1cnc2c(N)ncnc21.Cc1nc2c(ncn2C(C)C)c(=O)[nH]1. The molecule has 6 N–H and O–H groups in total. The second-order valence-electron chi connectivity index (χ2n) is 12.7. The summed E-state index contributed by atoms with van der Waals surface area (Å²) in [6.07, 6.45) is 10.3. The number of nitrogens with two attached hydrogens (primary N) is 2. The predicted octanol–water partition coefficient (Wildman–Crippen LogP) is 4.25. The number of aryl methyl sites for hydroxylation is 1. The van der Waals surface area contributed by atoms with Crippen LogP contribution in [0.2, 0.25) is 0 Å². The lowest BCUT2D eigenvalue weighted by molar-refractivity contribution is -0.117. The number of imidazole rings is 2. The molecule has 0 saturated heterocycles. The maximum atomic E-state index is 11.5. The molecule has 0 aliphatic carbocycles. The molecule has 6 rings (SSSR count). The number of amidine groups is 1. The van der Waals surface area contributed by atoms with Crippen LogP contribution in [0.25, 0.3) is 22.3 Å². The lowest BCUT2D eigenvalue weighted by atomic mass is 10.2. The number of carbonyl (C=O) groups is 1. The first kappa shape index (κ1) is 38.6. The zero-order chi connectivity index (χ0) is 37.4. The van der Waals surface area contributed by atoms with Crippen molar-refractivity contribution >= 4 is 39.9 Å². The number of aliphatic imine (C=N–C) groups is 1. The van der Waals surface area contributed by atoms with Gasteiger partial charge in [0, 0.05) is 42.1 Å². The number of carbonyl (C=O) groups excluding carboxylic acids is 1. The van der Waals surface area contributed by atoms with Crippen LogP contribution >= 0.6 is 0 Å². The van der Waals surface area contributed by atoms with Crippen LogP contribution in [0.5, 0.6) is 0 Å². The fourth-order valence-electron chi connectivity index (χ4n) is 4.72. The summed E-state index contributed by atoms with van der Waals surface area (Å²) in [4.78, 5) is 53.6. The van der Waals surface area contributed by atoms with Crippen LogP contribution in [-0.4, -0.2) is 72.7 Å². The van der Waals surface area contributed by atoms with Gasteiger partial charge in [-0.25, -0.2) is 29.9 Å². The molecule has 0 bridgehead atoms. The zero-order valence-corrected chi connectivity index (χ0v) is 30.6. The number of aromatic nitrogens is 8. The molecule has 0 saturated carbocycles. The number of aromatic amines is 1. The van der Waals surface area contributed by atoms with E-state index in [1.807, 2.05) is 59.0 Å². The van der Waals surface area contributed by atoms with Gasteiger partial charge < -0.3 is 40.7 Å². The largest absolute Gasteiger partial charge is 0.384 e. The molecule has 16 heteroatoms. The standard InChI is InChI=1S/C9H12N4O.C9H14N2O.C8H11N5.C8H13N3/c1-5(2)13-4-10-7-8(13)11-6(3)12-9(7)14;1-6(2)11-5-7(3)9(12)10-8(11)4;1-5(2)13-4-12-6-7(9)10-3-11-8(6)13;1-6(2)11-5-4-8(9)10-7(11)3/h4-5H,1-3H3,(H,11,12,14);5-6H,4H2,1-3H3,(H,10,12);3-5H,1-2H3,(H2,9,10,11);4-6H,3H2,1-2H3,(H2,9,10). The Hall–Kier alpha value is -5.80. The molecular weight excluding hydrogens is 636 g/mol. The van der Waals surface area contributed by atoms with E-state index < -0.39 is 0 Å². The molecule has 4 aromatic heterocycles. The van der Waals surface area contributed by atoms with Gasteiger partial charge in [-0.2, -0.15) is 0 Å². The molecule has 50 heavy (non-hydrogen) atoms. The number of rotatable bonds is 4. The van der Waals surface area contributed by atoms with E-state index in [-0.39, 0.29) is 17.5 Å². The lowest BCUT2D eigenvalue weighted by Crippen LogP contribution is -2.40. The first-order valence-corrected chi connectivity index (χ1v) is 16.3. The molecule has 0 radical (unpaired) electrons. The van der Waals surface area contributed by atoms with Crippen molar-refractivity contribution in [2.24, 2.45) is 10.7 Å².